The summed E-state index contributed by atoms with van der Waals surface area (Å²) in [6, 6.07) is 12.7. The van der Waals surface area contributed by atoms with Crippen molar-refractivity contribution in [1.82, 2.24) is 10.9 Å². The smallest absolute Gasteiger partial charge is 0.283 e. The van der Waals surface area contributed by atoms with Crippen molar-refractivity contribution in [3.8, 4) is 17.2 Å². The number of hydrazine groups is 1. The second-order valence-corrected chi connectivity index (χ2v) is 5.98. The van der Waals surface area contributed by atoms with E-state index in [4.69, 9.17) is 14.2 Å². The number of carbonyl (C=O) groups is 2. The third-order valence-corrected chi connectivity index (χ3v) is 3.92. The maximum Gasteiger partial charge on any atom is 0.283 e. The molecule has 7 nitrogen and oxygen atoms in total. The quantitative estimate of drug-likeness (QED) is 0.800. The summed E-state index contributed by atoms with van der Waals surface area (Å²) in [6.45, 7) is 3.12. The zero-order valence-electron chi connectivity index (χ0n) is 14.8. The van der Waals surface area contributed by atoms with Crippen molar-refractivity contribution in [1.29, 1.82) is 0 Å². The van der Waals surface area contributed by atoms with Crippen molar-refractivity contribution < 1.29 is 28.2 Å². The van der Waals surface area contributed by atoms with E-state index in [1.54, 1.807) is 37.3 Å². The number of nitrogens with one attached hydrogen (secondary N) is 2. The van der Waals surface area contributed by atoms with E-state index < -0.39 is 35.9 Å². The zero-order valence-corrected chi connectivity index (χ0v) is 14.8. The van der Waals surface area contributed by atoms with Gasteiger partial charge in [0.2, 0.25) is 6.10 Å². The van der Waals surface area contributed by atoms with Crippen molar-refractivity contribution in [2.24, 2.45) is 0 Å². The van der Waals surface area contributed by atoms with Crippen molar-refractivity contribution in [3.63, 3.8) is 0 Å². The maximum atomic E-state index is 13.6. The summed E-state index contributed by atoms with van der Waals surface area (Å²) in [7, 11) is 0. The Morgan fingerprint density at radius 3 is 2.37 bits per heavy atom. The second-order valence-electron chi connectivity index (χ2n) is 5.98. The third-order valence-electron chi connectivity index (χ3n) is 3.92. The highest BCUT2D eigenvalue weighted by atomic mass is 19.1. The molecule has 1 heterocycles. The van der Waals surface area contributed by atoms with Crippen LogP contribution in [0.1, 0.15) is 13.8 Å². The predicted octanol–water partition coefficient (Wildman–Crippen LogP) is 1.97. The van der Waals surface area contributed by atoms with Crippen LogP contribution >= 0.6 is 0 Å². The molecule has 1 aliphatic rings. The normalized spacial score (nSPS) is 18.9. The number of ether oxygens (including phenoxy) is 3. The Balaban J connectivity index is 1.54. The van der Waals surface area contributed by atoms with Gasteiger partial charge in [-0.3, -0.25) is 20.4 Å². The lowest BCUT2D eigenvalue weighted by atomic mass is 10.1. The lowest BCUT2D eigenvalue weighted by Gasteiger charge is -2.31. The van der Waals surface area contributed by atoms with Crippen molar-refractivity contribution in [2.75, 3.05) is 0 Å². The molecule has 0 fully saturated rings. The van der Waals surface area contributed by atoms with Gasteiger partial charge in [-0.1, -0.05) is 24.3 Å². The van der Waals surface area contributed by atoms with Crippen LogP contribution in [0.2, 0.25) is 0 Å². The second kappa shape index (κ2) is 7.94. The summed E-state index contributed by atoms with van der Waals surface area (Å²) in [5.74, 6) is -0.870. The molecule has 3 atom stereocenters. The van der Waals surface area contributed by atoms with Crippen LogP contribution in [0.3, 0.4) is 0 Å². The van der Waals surface area contributed by atoms with E-state index in [0.29, 0.717) is 11.5 Å². The van der Waals surface area contributed by atoms with E-state index in [1.807, 2.05) is 0 Å². The number of hydrogen-bond acceptors (Lipinski definition) is 5. The van der Waals surface area contributed by atoms with Gasteiger partial charge in [0, 0.05) is 0 Å². The molecule has 0 spiro atoms. The maximum absolute atomic E-state index is 13.6. The minimum absolute atomic E-state index is 0.0549. The molecule has 2 aromatic carbocycles. The summed E-state index contributed by atoms with van der Waals surface area (Å²) < 4.78 is 30.1. The van der Waals surface area contributed by atoms with Gasteiger partial charge in [-0.25, -0.2) is 4.39 Å². The largest absolute Gasteiger partial charge is 0.482 e. The van der Waals surface area contributed by atoms with Gasteiger partial charge in [0.1, 0.15) is 6.10 Å². The highest BCUT2D eigenvalue weighted by molar-refractivity contribution is 5.87. The fourth-order valence-corrected chi connectivity index (χ4v) is 2.49. The van der Waals surface area contributed by atoms with Crippen molar-refractivity contribution in [2.45, 2.75) is 32.2 Å². The Bertz CT molecular complexity index is 844. The first-order valence-corrected chi connectivity index (χ1v) is 8.39. The standard InChI is InChI=1S/C19H19FN2O5/c1-11-17(27-16-10-6-5-9-15(16)25-11)19(24)22-21-18(23)12(2)26-14-8-4-3-7-13(14)20/h3-12,17H,1-2H3,(H,21,23)(H,22,24). The number of amides is 2. The van der Waals surface area contributed by atoms with Gasteiger partial charge < -0.3 is 14.2 Å². The Labute approximate surface area is 155 Å². The molecule has 8 heteroatoms. The summed E-state index contributed by atoms with van der Waals surface area (Å²) in [4.78, 5) is 24.4. The van der Waals surface area contributed by atoms with Gasteiger partial charge in [-0.15, -0.1) is 0 Å². The van der Waals surface area contributed by atoms with Crippen molar-refractivity contribution >= 4 is 11.8 Å². The molecule has 0 saturated heterocycles. The van der Waals surface area contributed by atoms with E-state index >= 15 is 0 Å². The van der Waals surface area contributed by atoms with Crippen LogP contribution in [0.25, 0.3) is 0 Å². The van der Waals surface area contributed by atoms with Crippen molar-refractivity contribution in [3.05, 3.63) is 54.3 Å². The van der Waals surface area contributed by atoms with Gasteiger partial charge in [-0.2, -0.15) is 0 Å². The van der Waals surface area contributed by atoms with Crippen LogP contribution in [0.15, 0.2) is 48.5 Å². The first-order valence-electron chi connectivity index (χ1n) is 8.39. The average Bonchev–Trinajstić information content (AvgIpc) is 2.67. The molecule has 3 unspecified atom stereocenters. The summed E-state index contributed by atoms with van der Waals surface area (Å²) in [6.07, 6.45) is -2.52. The number of carbonyl (C=O) groups excluding carboxylic acids is 2. The summed E-state index contributed by atoms with van der Waals surface area (Å²) in [5, 5.41) is 0. The monoisotopic (exact) mass is 374 g/mol. The molecule has 2 N–H and O–H groups in total. The Morgan fingerprint density at radius 2 is 1.67 bits per heavy atom. The number of rotatable bonds is 4. The molecule has 1 aliphatic heterocycles. The van der Waals surface area contributed by atoms with E-state index in [2.05, 4.69) is 10.9 Å². The highest BCUT2D eigenvalue weighted by Crippen LogP contribution is 2.33. The molecule has 0 aliphatic carbocycles. The number of benzene rings is 2. The molecule has 27 heavy (non-hydrogen) atoms. The van der Waals surface area contributed by atoms with Gasteiger partial charge >= 0.3 is 0 Å². The molecule has 0 aromatic heterocycles. The molecular formula is C19H19FN2O5. The van der Waals surface area contributed by atoms with Crippen LogP contribution in [0, 0.1) is 5.82 Å². The minimum Gasteiger partial charge on any atom is -0.482 e. The van der Waals surface area contributed by atoms with E-state index in [-0.39, 0.29) is 5.75 Å². The van der Waals surface area contributed by atoms with Crippen LogP contribution in [-0.4, -0.2) is 30.1 Å². The molecule has 3 rings (SSSR count). The number of fused-ring (bicyclic) bond motifs is 1. The molecule has 2 amide bonds. The summed E-state index contributed by atoms with van der Waals surface area (Å²) in [5.41, 5.74) is 4.52. The number of hydrogen-bond donors (Lipinski definition) is 2. The van der Waals surface area contributed by atoms with Crippen LogP contribution < -0.4 is 25.1 Å². The molecule has 142 valence electrons. The van der Waals surface area contributed by atoms with Gasteiger partial charge in [0.15, 0.2) is 29.2 Å². The summed E-state index contributed by atoms with van der Waals surface area (Å²) >= 11 is 0. The molecule has 0 radical (unpaired) electrons. The first kappa shape index (κ1) is 18.5. The number of halogens is 1. The van der Waals surface area contributed by atoms with E-state index in [9.17, 15) is 14.0 Å². The highest BCUT2D eigenvalue weighted by Gasteiger charge is 2.34. The first-order chi connectivity index (χ1) is 13.0. The van der Waals surface area contributed by atoms with Gasteiger partial charge in [-0.05, 0) is 38.1 Å². The van der Waals surface area contributed by atoms with Crippen LogP contribution in [0.4, 0.5) is 4.39 Å². The SMILES string of the molecule is CC(Oc1ccccc1F)C(=O)NNC(=O)C1Oc2ccccc2OC1C. The predicted molar refractivity (Wildman–Crippen MR) is 93.7 cm³/mol. The topological polar surface area (TPSA) is 85.9 Å². The average molecular weight is 374 g/mol. The van der Waals surface area contributed by atoms with Gasteiger partial charge in [0.05, 0.1) is 0 Å². The zero-order chi connectivity index (χ0) is 19.4. The molecule has 0 saturated carbocycles. The fraction of sp³-hybridized carbons (Fsp3) is 0.263. The Kier molecular flexibility index (Phi) is 5.44. The van der Waals surface area contributed by atoms with Gasteiger partial charge in [0.25, 0.3) is 11.8 Å². The lowest BCUT2D eigenvalue weighted by Crippen LogP contribution is -2.55. The van der Waals surface area contributed by atoms with Crippen LogP contribution in [0.5, 0.6) is 17.2 Å². The minimum atomic E-state index is -1.02. The molecular weight excluding hydrogens is 355 g/mol. The molecule has 0 bridgehead atoms. The number of para-hydroxylation sites is 3. The lowest BCUT2D eigenvalue weighted by molar-refractivity contribution is -0.139. The third kappa shape index (κ3) is 4.28. The fourth-order valence-electron chi connectivity index (χ4n) is 2.49. The molecule has 2 aromatic rings. The van der Waals surface area contributed by atoms with E-state index in [0.717, 1.165) is 0 Å². The van der Waals surface area contributed by atoms with Crippen LogP contribution in [-0.2, 0) is 9.59 Å². The Hall–Kier alpha value is -3.29. The Morgan fingerprint density at radius 1 is 1.04 bits per heavy atom. The van der Waals surface area contributed by atoms with E-state index in [1.165, 1.54) is 25.1 Å².